The van der Waals surface area contributed by atoms with Gasteiger partial charge in [-0.25, -0.2) is 0 Å². The van der Waals surface area contributed by atoms with E-state index in [1.165, 1.54) is 5.56 Å². The van der Waals surface area contributed by atoms with Crippen LogP contribution in [-0.2, 0) is 13.0 Å². The molecule has 130 valence electrons. The molecule has 1 unspecified atom stereocenters. The van der Waals surface area contributed by atoms with Crippen molar-refractivity contribution in [2.45, 2.75) is 31.8 Å². The number of carbonyl (C=O) groups is 1. The second kappa shape index (κ2) is 5.80. The Bertz CT molecular complexity index is 1070. The number of rotatable bonds is 2. The molecule has 3 aromatic rings. The summed E-state index contributed by atoms with van der Waals surface area (Å²) < 4.78 is 2.06. The van der Waals surface area contributed by atoms with Crippen molar-refractivity contribution in [1.29, 1.82) is 0 Å². The Hall–Kier alpha value is -2.95. The lowest BCUT2D eigenvalue weighted by Crippen LogP contribution is -2.34. The average molecular weight is 345 g/mol. The quantitative estimate of drug-likeness (QED) is 0.718. The minimum absolute atomic E-state index is 0.0521. The molecule has 1 atom stereocenters. The maximum Gasteiger partial charge on any atom is 0.259 e. The maximum atomic E-state index is 13.3. The zero-order valence-corrected chi connectivity index (χ0v) is 14.4. The smallest absolute Gasteiger partial charge is 0.259 e. The highest BCUT2D eigenvalue weighted by atomic mass is 16.2. The van der Waals surface area contributed by atoms with E-state index in [-0.39, 0.29) is 22.9 Å². The van der Waals surface area contributed by atoms with Crippen LogP contribution in [0.2, 0.25) is 0 Å². The molecule has 1 saturated heterocycles. The van der Waals surface area contributed by atoms with Crippen LogP contribution in [0.25, 0.3) is 10.9 Å². The summed E-state index contributed by atoms with van der Waals surface area (Å²) >= 11 is 0. The molecule has 0 saturated carbocycles. The molecule has 5 nitrogen and oxygen atoms in total. The van der Waals surface area contributed by atoms with E-state index in [1.54, 1.807) is 12.4 Å². The predicted octanol–water partition coefficient (Wildman–Crippen LogP) is 2.93. The molecule has 4 heterocycles. The van der Waals surface area contributed by atoms with Crippen molar-refractivity contribution in [3.8, 4) is 0 Å². The number of hydrogen-bond acceptors (Lipinski definition) is 3. The fraction of sp³-hybridized carbons (Fsp3) is 0.286. The summed E-state index contributed by atoms with van der Waals surface area (Å²) in [5.41, 5.74) is 3.19. The summed E-state index contributed by atoms with van der Waals surface area (Å²) in [5.74, 6) is -0.175. The van der Waals surface area contributed by atoms with Crippen molar-refractivity contribution in [3.63, 3.8) is 0 Å². The van der Waals surface area contributed by atoms with E-state index in [2.05, 4.69) is 15.6 Å². The minimum Gasteiger partial charge on any atom is -0.346 e. The molecule has 2 aliphatic rings. The number of hydrogen-bond donors (Lipinski definition) is 0. The summed E-state index contributed by atoms with van der Waals surface area (Å²) in [5, 5.41) is 0.652. The SMILES string of the molecule is O=C(c1cn2c3c(cccc3c1=O)CC2)N1CCCC1c1ccccn1. The normalized spacial score (nSPS) is 18.6. The number of aromatic nitrogens is 2. The van der Waals surface area contributed by atoms with Gasteiger partial charge in [0.2, 0.25) is 5.43 Å². The first-order chi connectivity index (χ1) is 12.7. The van der Waals surface area contributed by atoms with Crippen molar-refractivity contribution in [1.82, 2.24) is 14.5 Å². The molecule has 1 amide bonds. The first-order valence-corrected chi connectivity index (χ1v) is 9.11. The molecule has 0 aliphatic carbocycles. The minimum atomic E-state index is -0.175. The first-order valence-electron chi connectivity index (χ1n) is 9.11. The first kappa shape index (κ1) is 15.3. The summed E-state index contributed by atoms with van der Waals surface area (Å²) in [6.07, 6.45) is 6.24. The Morgan fingerprint density at radius 3 is 2.88 bits per heavy atom. The Labute approximate surface area is 150 Å². The lowest BCUT2D eigenvalue weighted by Gasteiger charge is -2.24. The fourth-order valence-corrected chi connectivity index (χ4v) is 4.35. The highest BCUT2D eigenvalue weighted by molar-refractivity contribution is 5.98. The highest BCUT2D eigenvalue weighted by Gasteiger charge is 2.33. The van der Waals surface area contributed by atoms with Crippen LogP contribution in [0.5, 0.6) is 0 Å². The van der Waals surface area contributed by atoms with Crippen molar-refractivity contribution < 1.29 is 4.79 Å². The molecule has 5 rings (SSSR count). The standard InChI is InChI=1S/C21H19N3O2/c25-20-15-6-3-5-14-9-12-23(19(14)15)13-16(20)21(26)24-11-4-8-18(24)17-7-1-2-10-22-17/h1-3,5-7,10,13,18H,4,8-9,11-12H2. The number of nitrogens with zero attached hydrogens (tertiary/aromatic N) is 3. The van der Waals surface area contributed by atoms with Crippen LogP contribution in [0, 0.1) is 0 Å². The number of benzene rings is 1. The number of carbonyl (C=O) groups excluding carboxylic acids is 1. The van der Waals surface area contributed by atoms with Gasteiger partial charge < -0.3 is 9.47 Å². The molecule has 1 fully saturated rings. The van der Waals surface area contributed by atoms with Crippen LogP contribution in [0.4, 0.5) is 0 Å². The molecular weight excluding hydrogens is 326 g/mol. The third-order valence-corrected chi connectivity index (χ3v) is 5.58. The van der Waals surface area contributed by atoms with E-state index in [9.17, 15) is 9.59 Å². The third kappa shape index (κ3) is 2.20. The number of amides is 1. The van der Waals surface area contributed by atoms with Gasteiger partial charge in [0, 0.05) is 30.9 Å². The number of likely N-dealkylation sites (tertiary alicyclic amines) is 1. The fourth-order valence-electron chi connectivity index (χ4n) is 4.35. The van der Waals surface area contributed by atoms with E-state index in [0.29, 0.717) is 11.9 Å². The van der Waals surface area contributed by atoms with Crippen molar-refractivity contribution in [3.05, 3.63) is 75.8 Å². The van der Waals surface area contributed by atoms with E-state index < -0.39 is 0 Å². The summed E-state index contributed by atoms with van der Waals surface area (Å²) in [6, 6.07) is 11.5. The second-order valence-electron chi connectivity index (χ2n) is 7.04. The topological polar surface area (TPSA) is 55.2 Å². The van der Waals surface area contributed by atoms with Gasteiger partial charge in [-0.05, 0) is 43.0 Å². The lowest BCUT2D eigenvalue weighted by atomic mass is 10.1. The van der Waals surface area contributed by atoms with Crippen LogP contribution in [0.3, 0.4) is 0 Å². The molecule has 0 spiro atoms. The predicted molar refractivity (Wildman–Crippen MR) is 99.2 cm³/mol. The van der Waals surface area contributed by atoms with Gasteiger partial charge in [-0.1, -0.05) is 18.2 Å². The van der Waals surface area contributed by atoms with Gasteiger partial charge in [0.1, 0.15) is 5.56 Å². The van der Waals surface area contributed by atoms with Crippen molar-refractivity contribution >= 4 is 16.8 Å². The highest BCUT2D eigenvalue weighted by Crippen LogP contribution is 2.32. The summed E-state index contributed by atoms with van der Waals surface area (Å²) in [7, 11) is 0. The third-order valence-electron chi connectivity index (χ3n) is 5.58. The molecule has 26 heavy (non-hydrogen) atoms. The van der Waals surface area contributed by atoms with E-state index >= 15 is 0 Å². The zero-order valence-electron chi connectivity index (χ0n) is 14.4. The van der Waals surface area contributed by atoms with E-state index in [4.69, 9.17) is 0 Å². The second-order valence-corrected chi connectivity index (χ2v) is 7.04. The zero-order chi connectivity index (χ0) is 17.7. The van der Waals surface area contributed by atoms with Gasteiger partial charge in [0.05, 0.1) is 17.3 Å². The van der Waals surface area contributed by atoms with E-state index in [1.807, 2.05) is 35.2 Å². The van der Waals surface area contributed by atoms with Gasteiger partial charge in [0.15, 0.2) is 0 Å². The Morgan fingerprint density at radius 2 is 2.04 bits per heavy atom. The Morgan fingerprint density at radius 1 is 1.12 bits per heavy atom. The maximum absolute atomic E-state index is 13.3. The van der Waals surface area contributed by atoms with Crippen LogP contribution in [0.15, 0.2) is 53.6 Å². The molecule has 2 aliphatic heterocycles. The van der Waals surface area contributed by atoms with Gasteiger partial charge in [-0.3, -0.25) is 14.6 Å². The molecule has 0 bridgehead atoms. The van der Waals surface area contributed by atoms with Gasteiger partial charge in [0.25, 0.3) is 5.91 Å². The number of para-hydroxylation sites is 1. The molecular formula is C21H19N3O2. The molecule has 0 N–H and O–H groups in total. The van der Waals surface area contributed by atoms with Crippen LogP contribution in [0.1, 0.15) is 40.5 Å². The van der Waals surface area contributed by atoms with Gasteiger partial charge in [-0.15, -0.1) is 0 Å². The molecule has 0 radical (unpaired) electrons. The van der Waals surface area contributed by atoms with Crippen molar-refractivity contribution in [2.24, 2.45) is 0 Å². The summed E-state index contributed by atoms with van der Waals surface area (Å²) in [6.45, 7) is 1.48. The van der Waals surface area contributed by atoms with Crippen LogP contribution in [-0.4, -0.2) is 26.9 Å². The lowest BCUT2D eigenvalue weighted by molar-refractivity contribution is 0.0731. The number of aryl methyl sites for hydroxylation is 2. The monoisotopic (exact) mass is 345 g/mol. The van der Waals surface area contributed by atoms with E-state index in [0.717, 1.165) is 37.0 Å². The Balaban J connectivity index is 1.60. The summed E-state index contributed by atoms with van der Waals surface area (Å²) in [4.78, 5) is 32.5. The van der Waals surface area contributed by atoms with Crippen LogP contribution >= 0.6 is 0 Å². The molecule has 5 heteroatoms. The van der Waals surface area contributed by atoms with Gasteiger partial charge in [-0.2, -0.15) is 0 Å². The Kier molecular flexibility index (Phi) is 3.42. The largest absolute Gasteiger partial charge is 0.346 e. The number of pyridine rings is 2. The molecule has 1 aromatic carbocycles. The van der Waals surface area contributed by atoms with Crippen molar-refractivity contribution in [2.75, 3.05) is 6.54 Å². The van der Waals surface area contributed by atoms with Crippen LogP contribution < -0.4 is 5.43 Å². The average Bonchev–Trinajstić information content (AvgIpc) is 3.33. The van der Waals surface area contributed by atoms with Gasteiger partial charge >= 0.3 is 0 Å². The molecule has 2 aromatic heterocycles.